The number of benzene rings is 1. The Hall–Kier alpha value is -4.04. The van der Waals surface area contributed by atoms with E-state index >= 15 is 0 Å². The first kappa shape index (κ1) is 25.6. The quantitative estimate of drug-likeness (QED) is 0.299. The summed E-state index contributed by atoms with van der Waals surface area (Å²) >= 11 is 5.93. The number of thiocarbonyl (C=S) groups is 1. The first-order valence-corrected chi connectivity index (χ1v) is 13.2. The Bertz CT molecular complexity index is 1470. The third kappa shape index (κ3) is 4.91. The van der Waals surface area contributed by atoms with Gasteiger partial charge >= 0.3 is 0 Å². The zero-order chi connectivity index (χ0) is 26.8. The molecule has 0 spiro atoms. The Labute approximate surface area is 228 Å². The molecule has 1 amide bonds. The molecule has 38 heavy (non-hydrogen) atoms. The molecule has 5 rings (SSSR count). The van der Waals surface area contributed by atoms with Gasteiger partial charge in [0.15, 0.2) is 5.11 Å². The molecule has 0 saturated carbocycles. The second-order valence-electron chi connectivity index (χ2n) is 9.67. The van der Waals surface area contributed by atoms with E-state index < -0.39 is 0 Å². The van der Waals surface area contributed by atoms with Crippen LogP contribution in [-0.2, 0) is 11.3 Å². The van der Waals surface area contributed by atoms with Crippen molar-refractivity contribution < 1.29 is 4.79 Å². The summed E-state index contributed by atoms with van der Waals surface area (Å²) in [6.45, 7) is 8.91. The summed E-state index contributed by atoms with van der Waals surface area (Å²) in [4.78, 5) is 23.2. The summed E-state index contributed by atoms with van der Waals surface area (Å²) in [5, 5.41) is 7.19. The van der Waals surface area contributed by atoms with Gasteiger partial charge in [-0.2, -0.15) is 0 Å². The predicted octanol–water partition coefficient (Wildman–Crippen LogP) is 5.78. The van der Waals surface area contributed by atoms with E-state index in [4.69, 9.17) is 12.2 Å². The number of rotatable bonds is 7. The zero-order valence-corrected chi connectivity index (χ0v) is 22.9. The second-order valence-corrected chi connectivity index (χ2v) is 10.1. The maximum atomic E-state index is 12.0. The molecule has 4 aromatic rings. The minimum Gasteiger partial charge on any atom is -0.351 e. The number of carbonyl (C=O) groups excluding carboxylic acids is 1. The molecule has 0 radical (unpaired) electrons. The van der Waals surface area contributed by atoms with E-state index in [0.717, 1.165) is 34.7 Å². The van der Waals surface area contributed by atoms with Crippen LogP contribution in [0.1, 0.15) is 59.2 Å². The van der Waals surface area contributed by atoms with Crippen LogP contribution in [0.2, 0.25) is 0 Å². The molecule has 1 aromatic carbocycles. The van der Waals surface area contributed by atoms with E-state index in [-0.39, 0.29) is 18.0 Å². The van der Waals surface area contributed by atoms with E-state index in [9.17, 15) is 4.79 Å². The number of pyridine rings is 2. The third-order valence-corrected chi connectivity index (χ3v) is 7.49. The molecule has 1 aliphatic rings. The van der Waals surface area contributed by atoms with Gasteiger partial charge in [0.1, 0.15) is 0 Å². The Morgan fingerprint density at radius 3 is 2.61 bits per heavy atom. The first-order chi connectivity index (χ1) is 18.4. The van der Waals surface area contributed by atoms with Crippen LogP contribution < -0.4 is 15.5 Å². The standard InChI is InChI=1S/C30H32N6OS/c1-5-27(37)33-25-12-11-23(15-19(25)2)36-29(28(34-30(36)38)26-10-6-7-14-32-26)24-16-20(3)35(21(24)4)18-22-9-8-13-31-17-22/h6-17,28-29H,5,18H2,1-4H3,(H,33,37)(H,34,38). The lowest BCUT2D eigenvalue weighted by atomic mass is 9.96. The highest BCUT2D eigenvalue weighted by atomic mass is 32.1. The van der Waals surface area contributed by atoms with Gasteiger partial charge < -0.3 is 20.1 Å². The van der Waals surface area contributed by atoms with Crippen molar-refractivity contribution in [3.05, 3.63) is 107 Å². The average molecular weight is 525 g/mol. The smallest absolute Gasteiger partial charge is 0.224 e. The predicted molar refractivity (Wildman–Crippen MR) is 155 cm³/mol. The molecule has 3 aromatic heterocycles. The fourth-order valence-electron chi connectivity index (χ4n) is 5.17. The number of amides is 1. The van der Waals surface area contributed by atoms with E-state index in [1.807, 2.05) is 62.6 Å². The molecule has 1 saturated heterocycles. The SMILES string of the molecule is CCC(=O)Nc1ccc(N2C(=S)NC(c3ccccn3)C2c2cc(C)n(Cc3cccnc3)c2C)cc1C. The number of aromatic nitrogens is 3. The third-order valence-electron chi connectivity index (χ3n) is 7.18. The number of nitrogens with zero attached hydrogens (tertiary/aromatic N) is 4. The number of anilines is 2. The molecule has 2 unspecified atom stereocenters. The molecule has 2 atom stereocenters. The second kappa shape index (κ2) is 10.8. The van der Waals surface area contributed by atoms with Crippen molar-refractivity contribution in [1.29, 1.82) is 0 Å². The van der Waals surface area contributed by atoms with Crippen LogP contribution in [0.4, 0.5) is 11.4 Å². The van der Waals surface area contributed by atoms with Crippen LogP contribution in [0.3, 0.4) is 0 Å². The van der Waals surface area contributed by atoms with Crippen molar-refractivity contribution in [2.45, 2.75) is 52.7 Å². The molecule has 2 N–H and O–H groups in total. The van der Waals surface area contributed by atoms with Crippen LogP contribution in [0.5, 0.6) is 0 Å². The lowest BCUT2D eigenvalue weighted by Gasteiger charge is -2.29. The largest absolute Gasteiger partial charge is 0.351 e. The molecular formula is C30H32N6OS. The molecule has 0 bridgehead atoms. The van der Waals surface area contributed by atoms with Crippen LogP contribution in [0.25, 0.3) is 0 Å². The van der Waals surface area contributed by atoms with Crippen molar-refractivity contribution in [1.82, 2.24) is 19.9 Å². The summed E-state index contributed by atoms with van der Waals surface area (Å²) in [5.41, 5.74) is 8.39. The maximum Gasteiger partial charge on any atom is 0.224 e. The Kier molecular flexibility index (Phi) is 7.24. The molecule has 4 heterocycles. The number of carbonyl (C=O) groups is 1. The lowest BCUT2D eigenvalue weighted by Crippen LogP contribution is -2.29. The molecule has 1 aliphatic heterocycles. The topological polar surface area (TPSA) is 75.1 Å². The average Bonchev–Trinajstić information content (AvgIpc) is 3.41. The monoisotopic (exact) mass is 524 g/mol. The molecule has 194 valence electrons. The van der Waals surface area contributed by atoms with Gasteiger partial charge in [-0.25, -0.2) is 0 Å². The van der Waals surface area contributed by atoms with Gasteiger partial charge in [-0.05, 0) is 92.1 Å². The summed E-state index contributed by atoms with van der Waals surface area (Å²) in [7, 11) is 0. The number of hydrogen-bond acceptors (Lipinski definition) is 4. The number of aryl methyl sites for hydroxylation is 2. The van der Waals surface area contributed by atoms with Gasteiger partial charge in [0.05, 0.1) is 17.8 Å². The summed E-state index contributed by atoms with van der Waals surface area (Å²) in [5.74, 6) is -0.00615. The van der Waals surface area contributed by atoms with E-state index in [1.165, 1.54) is 17.0 Å². The van der Waals surface area contributed by atoms with Crippen molar-refractivity contribution in [3.63, 3.8) is 0 Å². The highest BCUT2D eigenvalue weighted by molar-refractivity contribution is 7.80. The summed E-state index contributed by atoms with van der Waals surface area (Å²) in [6, 6.07) is 18.1. The first-order valence-electron chi connectivity index (χ1n) is 12.8. The minimum absolute atomic E-state index is 0.00615. The minimum atomic E-state index is -0.129. The van der Waals surface area contributed by atoms with Crippen LogP contribution in [-0.4, -0.2) is 25.6 Å². The Morgan fingerprint density at radius 2 is 1.92 bits per heavy atom. The fourth-order valence-corrected chi connectivity index (χ4v) is 5.52. The summed E-state index contributed by atoms with van der Waals surface area (Å²) in [6.07, 6.45) is 5.96. The molecule has 7 nitrogen and oxygen atoms in total. The van der Waals surface area contributed by atoms with Crippen molar-refractivity contribution in [3.8, 4) is 0 Å². The number of nitrogens with one attached hydrogen (secondary N) is 2. The van der Waals surface area contributed by atoms with Crippen LogP contribution in [0, 0.1) is 20.8 Å². The van der Waals surface area contributed by atoms with Gasteiger partial charge in [-0.3, -0.25) is 14.8 Å². The molecule has 1 fully saturated rings. The lowest BCUT2D eigenvalue weighted by molar-refractivity contribution is -0.115. The van der Waals surface area contributed by atoms with Crippen LogP contribution >= 0.6 is 12.2 Å². The Balaban J connectivity index is 1.59. The molecular weight excluding hydrogens is 492 g/mol. The van der Waals surface area contributed by atoms with Gasteiger partial charge in [0, 0.05) is 54.3 Å². The summed E-state index contributed by atoms with van der Waals surface area (Å²) < 4.78 is 2.33. The molecule has 8 heteroatoms. The van der Waals surface area contributed by atoms with Gasteiger partial charge in [0.2, 0.25) is 5.91 Å². The van der Waals surface area contributed by atoms with Gasteiger partial charge in [0.25, 0.3) is 0 Å². The number of hydrogen-bond donors (Lipinski definition) is 2. The Morgan fingerprint density at radius 1 is 1.08 bits per heavy atom. The highest BCUT2D eigenvalue weighted by Gasteiger charge is 2.42. The van der Waals surface area contributed by atoms with Crippen LogP contribution in [0.15, 0.2) is 73.2 Å². The van der Waals surface area contributed by atoms with Crippen molar-refractivity contribution in [2.75, 3.05) is 10.2 Å². The van der Waals surface area contributed by atoms with Gasteiger partial charge in [-0.15, -0.1) is 0 Å². The zero-order valence-electron chi connectivity index (χ0n) is 22.1. The van der Waals surface area contributed by atoms with E-state index in [2.05, 4.69) is 62.1 Å². The van der Waals surface area contributed by atoms with Crippen molar-refractivity contribution >= 4 is 34.6 Å². The van der Waals surface area contributed by atoms with E-state index in [1.54, 1.807) is 6.20 Å². The van der Waals surface area contributed by atoms with Gasteiger partial charge in [-0.1, -0.05) is 19.1 Å². The normalized spacial score (nSPS) is 16.9. The maximum absolute atomic E-state index is 12.0. The fraction of sp³-hybridized carbons (Fsp3) is 0.267. The highest BCUT2D eigenvalue weighted by Crippen LogP contribution is 2.44. The molecule has 0 aliphatic carbocycles. The van der Waals surface area contributed by atoms with E-state index in [0.29, 0.717) is 11.5 Å². The van der Waals surface area contributed by atoms with Crippen molar-refractivity contribution in [2.24, 2.45) is 0 Å².